The summed E-state index contributed by atoms with van der Waals surface area (Å²) >= 11 is 0. The van der Waals surface area contributed by atoms with E-state index in [0.717, 1.165) is 19.6 Å². The molecule has 0 aromatic heterocycles. The molecular weight excluding hydrogens is 126 g/mol. The second-order valence-corrected chi connectivity index (χ2v) is 3.05. The molecule has 1 aliphatic rings. The van der Waals surface area contributed by atoms with E-state index < -0.39 is 0 Å². The molecule has 0 radical (unpaired) electrons. The summed E-state index contributed by atoms with van der Waals surface area (Å²) in [5, 5.41) is 2.29. The minimum Gasteiger partial charge on any atom is -0.308 e. The number of likely N-dealkylation sites (N-methyl/N-ethyl adjacent to an activating group) is 1. The van der Waals surface area contributed by atoms with Crippen molar-refractivity contribution < 1.29 is 0 Å². The van der Waals surface area contributed by atoms with Crippen LogP contribution >= 0.6 is 0 Å². The van der Waals surface area contributed by atoms with Crippen LogP contribution in [-0.4, -0.2) is 50.2 Å². The quantitative estimate of drug-likeness (QED) is 0.588. The fraction of sp³-hybridized carbons (Fsp3) is 1.00. The molecule has 3 heteroatoms. The van der Waals surface area contributed by atoms with Gasteiger partial charge < -0.3 is 4.90 Å². The van der Waals surface area contributed by atoms with E-state index in [1.807, 2.05) is 0 Å². The number of rotatable bonds is 3. The summed E-state index contributed by atoms with van der Waals surface area (Å²) in [4.78, 5) is 2.21. The van der Waals surface area contributed by atoms with Crippen molar-refractivity contribution in [3.05, 3.63) is 0 Å². The van der Waals surface area contributed by atoms with Gasteiger partial charge in [0.15, 0.2) is 0 Å². The van der Waals surface area contributed by atoms with Crippen molar-refractivity contribution in [2.75, 3.05) is 40.3 Å². The third-order valence-corrected chi connectivity index (χ3v) is 1.76. The van der Waals surface area contributed by atoms with E-state index >= 15 is 0 Å². The van der Waals surface area contributed by atoms with E-state index in [1.165, 1.54) is 13.0 Å². The van der Waals surface area contributed by atoms with Gasteiger partial charge in [0, 0.05) is 26.2 Å². The largest absolute Gasteiger partial charge is 0.308 e. The summed E-state index contributed by atoms with van der Waals surface area (Å²) < 4.78 is 0. The molecule has 0 spiro atoms. The Morgan fingerprint density at radius 1 is 1.50 bits per heavy atom. The zero-order valence-electron chi connectivity index (χ0n) is 6.93. The normalized spacial score (nSPS) is 20.7. The van der Waals surface area contributed by atoms with Gasteiger partial charge in [-0.05, 0) is 20.5 Å². The molecule has 1 N–H and O–H groups in total. The maximum absolute atomic E-state index is 3.32. The van der Waals surface area contributed by atoms with Crippen LogP contribution in [0.3, 0.4) is 0 Å². The Kier molecular flexibility index (Phi) is 3.12. The van der Waals surface area contributed by atoms with Gasteiger partial charge in [0.05, 0.1) is 0 Å². The number of hydrazine groups is 1. The van der Waals surface area contributed by atoms with Crippen LogP contribution in [0.2, 0.25) is 0 Å². The molecule has 1 rings (SSSR count). The van der Waals surface area contributed by atoms with Crippen LogP contribution in [0.15, 0.2) is 0 Å². The lowest BCUT2D eigenvalue weighted by Crippen LogP contribution is -2.36. The molecule has 1 fully saturated rings. The molecule has 10 heavy (non-hydrogen) atoms. The third-order valence-electron chi connectivity index (χ3n) is 1.76. The molecule has 1 saturated heterocycles. The molecule has 0 aliphatic carbocycles. The van der Waals surface area contributed by atoms with Gasteiger partial charge in [-0.15, -0.1) is 0 Å². The molecule has 0 atom stereocenters. The molecule has 0 saturated carbocycles. The van der Waals surface area contributed by atoms with Gasteiger partial charge in [-0.1, -0.05) is 0 Å². The number of nitrogens with one attached hydrogen (secondary N) is 1. The van der Waals surface area contributed by atoms with Crippen LogP contribution < -0.4 is 5.43 Å². The molecule has 1 heterocycles. The van der Waals surface area contributed by atoms with Gasteiger partial charge in [0.1, 0.15) is 0 Å². The molecule has 0 unspecified atom stereocenters. The monoisotopic (exact) mass is 143 g/mol. The number of hydrogen-bond donors (Lipinski definition) is 1. The second-order valence-electron chi connectivity index (χ2n) is 3.05. The van der Waals surface area contributed by atoms with Gasteiger partial charge in [-0.2, -0.15) is 0 Å². The zero-order chi connectivity index (χ0) is 7.40. The van der Waals surface area contributed by atoms with Crippen LogP contribution in [0, 0.1) is 0 Å². The van der Waals surface area contributed by atoms with E-state index in [1.54, 1.807) is 0 Å². The molecular formula is C7H17N3. The highest BCUT2D eigenvalue weighted by atomic mass is 15.5. The first-order chi connectivity index (χ1) is 4.79. The lowest BCUT2D eigenvalue weighted by Gasteiger charge is -2.17. The molecule has 60 valence electrons. The molecule has 0 aromatic carbocycles. The molecule has 1 aliphatic heterocycles. The Balaban J connectivity index is 2.01. The SMILES string of the molecule is CN(C)CCN1CCCN1. The Bertz CT molecular complexity index is 86.9. The molecule has 0 bridgehead atoms. The third kappa shape index (κ3) is 2.64. The highest BCUT2D eigenvalue weighted by molar-refractivity contribution is 4.62. The van der Waals surface area contributed by atoms with Crippen LogP contribution in [0.5, 0.6) is 0 Å². The van der Waals surface area contributed by atoms with Crippen LogP contribution in [0.1, 0.15) is 6.42 Å². The lowest BCUT2D eigenvalue weighted by molar-refractivity contribution is 0.223. The Labute approximate surface area is 63.0 Å². The highest BCUT2D eigenvalue weighted by Crippen LogP contribution is 1.94. The summed E-state index contributed by atoms with van der Waals surface area (Å²) in [6.45, 7) is 4.67. The van der Waals surface area contributed by atoms with Gasteiger partial charge in [-0.3, -0.25) is 5.43 Å². The minimum absolute atomic E-state index is 1.15. The first-order valence-electron chi connectivity index (χ1n) is 3.92. The van der Waals surface area contributed by atoms with Crippen LogP contribution in [-0.2, 0) is 0 Å². The van der Waals surface area contributed by atoms with Crippen LogP contribution in [0.25, 0.3) is 0 Å². The van der Waals surface area contributed by atoms with Gasteiger partial charge in [-0.25, -0.2) is 5.01 Å². The fourth-order valence-electron chi connectivity index (χ4n) is 1.10. The molecule has 0 aromatic rings. The van der Waals surface area contributed by atoms with E-state index in [0.29, 0.717) is 0 Å². The summed E-state index contributed by atoms with van der Waals surface area (Å²) in [5.41, 5.74) is 3.32. The Morgan fingerprint density at radius 3 is 2.80 bits per heavy atom. The van der Waals surface area contributed by atoms with Crippen molar-refractivity contribution in [1.82, 2.24) is 15.3 Å². The van der Waals surface area contributed by atoms with Crippen molar-refractivity contribution in [3.8, 4) is 0 Å². The summed E-state index contributed by atoms with van der Waals surface area (Å²) in [5.74, 6) is 0. The van der Waals surface area contributed by atoms with E-state index in [9.17, 15) is 0 Å². The topological polar surface area (TPSA) is 18.5 Å². The van der Waals surface area contributed by atoms with Crippen molar-refractivity contribution in [3.63, 3.8) is 0 Å². The van der Waals surface area contributed by atoms with Crippen molar-refractivity contribution >= 4 is 0 Å². The van der Waals surface area contributed by atoms with Crippen molar-refractivity contribution in [2.45, 2.75) is 6.42 Å². The molecule has 3 nitrogen and oxygen atoms in total. The van der Waals surface area contributed by atoms with Gasteiger partial charge in [0.2, 0.25) is 0 Å². The van der Waals surface area contributed by atoms with Crippen LogP contribution in [0.4, 0.5) is 0 Å². The molecule has 0 amide bonds. The van der Waals surface area contributed by atoms with E-state index in [-0.39, 0.29) is 0 Å². The smallest absolute Gasteiger partial charge is 0.0258 e. The summed E-state index contributed by atoms with van der Waals surface area (Å²) in [6.07, 6.45) is 1.30. The van der Waals surface area contributed by atoms with Crippen molar-refractivity contribution in [2.24, 2.45) is 0 Å². The average molecular weight is 143 g/mol. The maximum Gasteiger partial charge on any atom is 0.0258 e. The van der Waals surface area contributed by atoms with E-state index in [2.05, 4.69) is 29.4 Å². The Morgan fingerprint density at radius 2 is 2.30 bits per heavy atom. The van der Waals surface area contributed by atoms with E-state index in [4.69, 9.17) is 0 Å². The Hall–Kier alpha value is -0.120. The second kappa shape index (κ2) is 3.91. The van der Waals surface area contributed by atoms with Gasteiger partial charge >= 0.3 is 0 Å². The van der Waals surface area contributed by atoms with Gasteiger partial charge in [0.25, 0.3) is 0 Å². The number of hydrogen-bond acceptors (Lipinski definition) is 3. The first kappa shape index (κ1) is 7.98. The standard InChI is InChI=1S/C7H17N3/c1-9(2)6-7-10-5-3-4-8-10/h8H,3-7H2,1-2H3. The summed E-state index contributed by atoms with van der Waals surface area (Å²) in [6, 6.07) is 0. The minimum atomic E-state index is 1.15. The maximum atomic E-state index is 3.32. The summed E-state index contributed by atoms with van der Waals surface area (Å²) in [7, 11) is 4.21. The van der Waals surface area contributed by atoms with Crippen molar-refractivity contribution in [1.29, 1.82) is 0 Å². The fourth-order valence-corrected chi connectivity index (χ4v) is 1.10. The average Bonchev–Trinajstić information content (AvgIpc) is 2.34. The predicted molar refractivity (Wildman–Crippen MR) is 42.7 cm³/mol. The number of nitrogens with zero attached hydrogens (tertiary/aromatic N) is 2. The predicted octanol–water partition coefficient (Wildman–Crippen LogP) is -0.242. The lowest BCUT2D eigenvalue weighted by atomic mass is 10.4. The zero-order valence-corrected chi connectivity index (χ0v) is 6.93. The highest BCUT2D eigenvalue weighted by Gasteiger charge is 2.09. The first-order valence-corrected chi connectivity index (χ1v) is 3.92.